The van der Waals surface area contributed by atoms with E-state index < -0.39 is 10.0 Å². The quantitative estimate of drug-likeness (QED) is 0.539. The molecule has 0 saturated carbocycles. The molecule has 5 nitrogen and oxygen atoms in total. The molecular weight excluding hydrogens is 436 g/mol. The first-order chi connectivity index (χ1) is 14.5. The van der Waals surface area contributed by atoms with Crippen LogP contribution in [0.1, 0.15) is 45.6 Å². The number of amides is 1. The van der Waals surface area contributed by atoms with E-state index in [-0.39, 0.29) is 16.8 Å². The lowest BCUT2D eigenvalue weighted by Crippen LogP contribution is -2.39. The van der Waals surface area contributed by atoms with Gasteiger partial charge in [-0.1, -0.05) is 19.9 Å². The molecule has 0 radical (unpaired) electrons. The van der Waals surface area contributed by atoms with E-state index in [0.717, 1.165) is 11.3 Å². The third kappa shape index (κ3) is 3.73. The lowest BCUT2D eigenvalue weighted by molar-refractivity contribution is 0.0698. The molecule has 3 heterocycles. The van der Waals surface area contributed by atoms with Gasteiger partial charge in [-0.2, -0.15) is 4.31 Å². The molecule has 0 N–H and O–H groups in total. The minimum absolute atomic E-state index is 0.0722. The molecule has 1 aromatic carbocycles. The van der Waals surface area contributed by atoms with Crippen molar-refractivity contribution >= 4 is 38.6 Å². The van der Waals surface area contributed by atoms with Gasteiger partial charge in [-0.3, -0.25) is 4.79 Å². The number of sulfonamides is 1. The number of carbonyl (C=O) groups is 1. The van der Waals surface area contributed by atoms with E-state index in [0.29, 0.717) is 25.2 Å². The molecule has 30 heavy (non-hydrogen) atoms. The topological polar surface area (TPSA) is 57.7 Å². The van der Waals surface area contributed by atoms with Crippen LogP contribution in [0.2, 0.25) is 0 Å². The fraction of sp³-hybridized carbons (Fsp3) is 0.318. The maximum Gasteiger partial charge on any atom is 0.254 e. The zero-order chi connectivity index (χ0) is 21.3. The summed E-state index contributed by atoms with van der Waals surface area (Å²) in [6.45, 7) is 5.11. The molecule has 8 heteroatoms. The maximum atomic E-state index is 13.4. The van der Waals surface area contributed by atoms with Crippen LogP contribution in [0, 0.1) is 0 Å². The zero-order valence-electron chi connectivity index (χ0n) is 16.9. The first-order valence-electron chi connectivity index (χ1n) is 9.98. The van der Waals surface area contributed by atoms with Gasteiger partial charge in [0, 0.05) is 35.0 Å². The molecule has 0 spiro atoms. The number of hydrogen-bond acceptors (Lipinski definition) is 5. The number of benzene rings is 1. The van der Waals surface area contributed by atoms with Crippen LogP contribution in [0.25, 0.3) is 0 Å². The van der Waals surface area contributed by atoms with Crippen LogP contribution in [0.5, 0.6) is 0 Å². The fourth-order valence-electron chi connectivity index (χ4n) is 3.94. The first-order valence-corrected chi connectivity index (χ1v) is 13.2. The smallest absolute Gasteiger partial charge is 0.254 e. The Kier molecular flexibility index (Phi) is 6.11. The Morgan fingerprint density at radius 3 is 2.43 bits per heavy atom. The molecule has 0 saturated heterocycles. The van der Waals surface area contributed by atoms with Crippen molar-refractivity contribution in [1.29, 1.82) is 0 Å². The highest BCUT2D eigenvalue weighted by atomic mass is 32.2. The Bertz CT molecular complexity index is 1110. The molecule has 3 aromatic rings. The Morgan fingerprint density at radius 1 is 1.07 bits per heavy atom. The summed E-state index contributed by atoms with van der Waals surface area (Å²) in [5.74, 6) is -0.0722. The standard InChI is InChI=1S/C22H24N2O3S3/c1-3-23(4-2)30(26,27)17-9-7-16(8-10-17)22(25)24-13-11-19-18(12-15-29-19)21(24)20-6-5-14-28-20/h5-10,12,14-15,21H,3-4,11,13H2,1-2H3. The van der Waals surface area contributed by atoms with Crippen LogP contribution in [0.3, 0.4) is 0 Å². The molecular formula is C22H24N2O3S3. The molecule has 0 bridgehead atoms. The molecule has 0 fully saturated rings. The summed E-state index contributed by atoms with van der Waals surface area (Å²) in [6.07, 6.45) is 0.842. The molecule has 1 aliphatic heterocycles. The van der Waals surface area contributed by atoms with Gasteiger partial charge in [-0.25, -0.2) is 8.42 Å². The number of thiophene rings is 2. The monoisotopic (exact) mass is 460 g/mol. The number of carbonyl (C=O) groups excluding carboxylic acids is 1. The lowest BCUT2D eigenvalue weighted by atomic mass is 9.97. The van der Waals surface area contributed by atoms with E-state index >= 15 is 0 Å². The van der Waals surface area contributed by atoms with Crippen LogP contribution in [0.15, 0.2) is 58.1 Å². The predicted octanol–water partition coefficient (Wildman–Crippen LogP) is 4.63. The normalized spacial score (nSPS) is 16.6. The molecule has 4 rings (SSSR count). The van der Waals surface area contributed by atoms with E-state index in [4.69, 9.17) is 0 Å². The summed E-state index contributed by atoms with van der Waals surface area (Å²) in [5, 5.41) is 4.12. The molecule has 1 unspecified atom stereocenters. The van der Waals surface area contributed by atoms with Gasteiger partial charge in [0.05, 0.1) is 10.9 Å². The molecule has 1 aliphatic rings. The third-order valence-electron chi connectivity index (χ3n) is 5.48. The minimum atomic E-state index is -3.54. The van der Waals surface area contributed by atoms with Crippen molar-refractivity contribution in [1.82, 2.24) is 9.21 Å². The van der Waals surface area contributed by atoms with Crippen molar-refractivity contribution in [3.05, 3.63) is 74.1 Å². The molecule has 1 atom stereocenters. The number of rotatable bonds is 6. The molecule has 2 aromatic heterocycles. The minimum Gasteiger partial charge on any atom is -0.326 e. The summed E-state index contributed by atoms with van der Waals surface area (Å²) < 4.78 is 26.9. The average Bonchev–Trinajstić information content (AvgIpc) is 3.45. The van der Waals surface area contributed by atoms with E-state index in [9.17, 15) is 13.2 Å². The second-order valence-corrected chi connectivity index (χ2v) is 11.0. The van der Waals surface area contributed by atoms with Crippen molar-refractivity contribution in [2.45, 2.75) is 31.2 Å². The van der Waals surface area contributed by atoms with Gasteiger partial charge in [-0.05, 0) is 59.1 Å². The predicted molar refractivity (Wildman–Crippen MR) is 122 cm³/mol. The second kappa shape index (κ2) is 8.63. The Morgan fingerprint density at radius 2 is 1.80 bits per heavy atom. The summed E-state index contributed by atoms with van der Waals surface area (Å²) in [6, 6.07) is 12.5. The van der Waals surface area contributed by atoms with E-state index in [2.05, 4.69) is 17.5 Å². The van der Waals surface area contributed by atoms with E-state index in [1.54, 1.807) is 46.9 Å². The summed E-state index contributed by atoms with van der Waals surface area (Å²) in [4.78, 5) is 18.0. The lowest BCUT2D eigenvalue weighted by Gasteiger charge is -2.35. The fourth-order valence-corrected chi connectivity index (χ4v) is 7.15. The van der Waals surface area contributed by atoms with E-state index in [1.807, 2.05) is 30.2 Å². The summed E-state index contributed by atoms with van der Waals surface area (Å²) in [7, 11) is -3.54. The highest BCUT2D eigenvalue weighted by Gasteiger charge is 2.34. The first kappa shape index (κ1) is 21.2. The highest BCUT2D eigenvalue weighted by Crippen LogP contribution is 2.40. The number of nitrogens with zero attached hydrogens (tertiary/aromatic N) is 2. The third-order valence-corrected chi connectivity index (χ3v) is 9.47. The Balaban J connectivity index is 1.64. The maximum absolute atomic E-state index is 13.4. The number of hydrogen-bond donors (Lipinski definition) is 0. The zero-order valence-corrected chi connectivity index (χ0v) is 19.4. The SMILES string of the molecule is CCN(CC)S(=O)(=O)c1ccc(C(=O)N2CCc3sccc3C2c2cccs2)cc1. The van der Waals surface area contributed by atoms with Crippen molar-refractivity contribution in [2.24, 2.45) is 0 Å². The van der Waals surface area contributed by atoms with Gasteiger partial charge < -0.3 is 4.90 Å². The summed E-state index contributed by atoms with van der Waals surface area (Å²) >= 11 is 3.40. The molecule has 158 valence electrons. The van der Waals surface area contributed by atoms with Crippen molar-refractivity contribution in [2.75, 3.05) is 19.6 Å². The highest BCUT2D eigenvalue weighted by molar-refractivity contribution is 7.89. The van der Waals surface area contributed by atoms with Crippen LogP contribution in [0.4, 0.5) is 0 Å². The van der Waals surface area contributed by atoms with Gasteiger partial charge >= 0.3 is 0 Å². The number of fused-ring (bicyclic) bond motifs is 1. The van der Waals surface area contributed by atoms with Crippen LogP contribution >= 0.6 is 22.7 Å². The second-order valence-electron chi connectivity index (χ2n) is 7.08. The van der Waals surface area contributed by atoms with Gasteiger partial charge in [-0.15, -0.1) is 22.7 Å². The van der Waals surface area contributed by atoms with Gasteiger partial charge in [0.25, 0.3) is 5.91 Å². The average molecular weight is 461 g/mol. The molecule has 0 aliphatic carbocycles. The van der Waals surface area contributed by atoms with E-state index in [1.165, 1.54) is 14.7 Å². The molecule has 1 amide bonds. The van der Waals surface area contributed by atoms with Crippen LogP contribution < -0.4 is 0 Å². The largest absolute Gasteiger partial charge is 0.326 e. The van der Waals surface area contributed by atoms with Crippen molar-refractivity contribution in [3.63, 3.8) is 0 Å². The summed E-state index contributed by atoms with van der Waals surface area (Å²) in [5.41, 5.74) is 1.71. The Hall–Kier alpha value is -2.00. The van der Waals surface area contributed by atoms with Crippen LogP contribution in [-0.2, 0) is 16.4 Å². The van der Waals surface area contributed by atoms with Gasteiger partial charge in [0.15, 0.2) is 0 Å². The van der Waals surface area contributed by atoms with Crippen molar-refractivity contribution < 1.29 is 13.2 Å². The Labute approximate surface area is 185 Å². The van der Waals surface area contributed by atoms with Crippen LogP contribution in [-0.4, -0.2) is 43.2 Å². The van der Waals surface area contributed by atoms with Crippen molar-refractivity contribution in [3.8, 4) is 0 Å². The van der Waals surface area contributed by atoms with Gasteiger partial charge in [0.1, 0.15) is 0 Å². The van der Waals surface area contributed by atoms with Gasteiger partial charge in [0.2, 0.25) is 10.0 Å².